The molecule has 21 heavy (non-hydrogen) atoms. The molecule has 116 valence electrons. The van der Waals surface area contributed by atoms with Crippen molar-refractivity contribution in [2.45, 2.75) is 51.6 Å². The van der Waals surface area contributed by atoms with E-state index in [0.29, 0.717) is 18.2 Å². The first-order chi connectivity index (χ1) is 10.2. The molecule has 1 saturated heterocycles. The molecule has 2 fully saturated rings. The number of rotatable bonds is 4. The van der Waals surface area contributed by atoms with E-state index in [1.165, 1.54) is 32.1 Å². The number of esters is 1. The lowest BCUT2D eigenvalue weighted by Gasteiger charge is -2.37. The Kier molecular flexibility index (Phi) is 4.29. The van der Waals surface area contributed by atoms with Gasteiger partial charge in [-0.3, -0.25) is 9.58 Å². The van der Waals surface area contributed by atoms with Gasteiger partial charge in [0.1, 0.15) is 5.56 Å². The van der Waals surface area contributed by atoms with Crippen molar-refractivity contribution in [3.63, 3.8) is 0 Å². The molecule has 0 spiro atoms. The smallest absolute Gasteiger partial charge is 0.341 e. The summed E-state index contributed by atoms with van der Waals surface area (Å²) in [6.45, 7) is 4.18. The quantitative estimate of drug-likeness (QED) is 0.799. The number of likely N-dealkylation sites (tertiary alicyclic amines) is 1. The van der Waals surface area contributed by atoms with Crippen molar-refractivity contribution in [2.24, 2.45) is 13.0 Å². The Morgan fingerprint density at radius 1 is 1.38 bits per heavy atom. The van der Waals surface area contributed by atoms with Gasteiger partial charge >= 0.3 is 5.97 Å². The average Bonchev–Trinajstić information content (AvgIpc) is 3.07. The molecule has 0 amide bonds. The van der Waals surface area contributed by atoms with Crippen molar-refractivity contribution >= 4 is 5.97 Å². The van der Waals surface area contributed by atoms with Gasteiger partial charge in [-0.15, -0.1) is 0 Å². The van der Waals surface area contributed by atoms with E-state index >= 15 is 0 Å². The van der Waals surface area contributed by atoms with Gasteiger partial charge in [-0.05, 0) is 45.1 Å². The Balaban J connectivity index is 1.77. The third-order valence-corrected chi connectivity index (χ3v) is 5.02. The minimum atomic E-state index is -0.249. The molecule has 0 aromatic carbocycles. The molecule has 5 nitrogen and oxygen atoms in total. The Morgan fingerprint density at radius 3 is 3.00 bits per heavy atom. The SMILES string of the molecule is CCOC(=O)c1cnn(C)c1CN1CCCC2CCCC21. The van der Waals surface area contributed by atoms with Crippen molar-refractivity contribution in [3.05, 3.63) is 17.5 Å². The van der Waals surface area contributed by atoms with Crippen LogP contribution in [0.5, 0.6) is 0 Å². The van der Waals surface area contributed by atoms with Crippen LogP contribution in [0.4, 0.5) is 0 Å². The highest BCUT2D eigenvalue weighted by Gasteiger charge is 2.35. The van der Waals surface area contributed by atoms with Crippen LogP contribution >= 0.6 is 0 Å². The summed E-state index contributed by atoms with van der Waals surface area (Å²) in [5.74, 6) is 0.610. The Morgan fingerprint density at radius 2 is 2.19 bits per heavy atom. The molecule has 3 rings (SSSR count). The average molecular weight is 291 g/mol. The maximum atomic E-state index is 12.1. The van der Waals surface area contributed by atoms with Gasteiger partial charge in [-0.2, -0.15) is 5.10 Å². The molecule has 1 saturated carbocycles. The second kappa shape index (κ2) is 6.18. The van der Waals surface area contributed by atoms with Crippen molar-refractivity contribution in [3.8, 4) is 0 Å². The monoisotopic (exact) mass is 291 g/mol. The summed E-state index contributed by atoms with van der Waals surface area (Å²) in [4.78, 5) is 14.6. The van der Waals surface area contributed by atoms with E-state index in [2.05, 4.69) is 10.00 Å². The topological polar surface area (TPSA) is 47.4 Å². The van der Waals surface area contributed by atoms with Gasteiger partial charge in [0.25, 0.3) is 0 Å². The summed E-state index contributed by atoms with van der Waals surface area (Å²) in [5, 5.41) is 4.26. The molecule has 1 aliphatic heterocycles. The van der Waals surface area contributed by atoms with Gasteiger partial charge < -0.3 is 4.74 Å². The van der Waals surface area contributed by atoms with Crippen LogP contribution < -0.4 is 0 Å². The van der Waals surface area contributed by atoms with E-state index in [-0.39, 0.29) is 5.97 Å². The number of ether oxygens (including phenoxy) is 1. The fourth-order valence-electron chi connectivity index (χ4n) is 3.98. The second-order valence-electron chi connectivity index (χ2n) is 6.22. The third kappa shape index (κ3) is 2.84. The van der Waals surface area contributed by atoms with Gasteiger partial charge in [0, 0.05) is 19.6 Å². The molecule has 1 aromatic heterocycles. The molecule has 2 heterocycles. The minimum Gasteiger partial charge on any atom is -0.462 e. The number of hydrogen-bond acceptors (Lipinski definition) is 4. The largest absolute Gasteiger partial charge is 0.462 e. The lowest BCUT2D eigenvalue weighted by atomic mass is 9.92. The number of carbonyl (C=O) groups excluding carboxylic acids is 1. The molecular formula is C16H25N3O2. The van der Waals surface area contributed by atoms with Crippen molar-refractivity contribution in [1.29, 1.82) is 0 Å². The molecule has 2 aliphatic rings. The van der Waals surface area contributed by atoms with Crippen molar-refractivity contribution in [2.75, 3.05) is 13.2 Å². The highest BCUT2D eigenvalue weighted by Crippen LogP contribution is 2.37. The third-order valence-electron chi connectivity index (χ3n) is 5.02. The van der Waals surface area contributed by atoms with E-state index in [1.807, 2.05) is 18.7 Å². The predicted octanol–water partition coefficient (Wildman–Crippen LogP) is 2.36. The van der Waals surface area contributed by atoms with Crippen molar-refractivity contribution in [1.82, 2.24) is 14.7 Å². The van der Waals surface area contributed by atoms with E-state index < -0.39 is 0 Å². The van der Waals surface area contributed by atoms with Gasteiger partial charge in [0.15, 0.2) is 0 Å². The first-order valence-electron chi connectivity index (χ1n) is 8.12. The second-order valence-corrected chi connectivity index (χ2v) is 6.22. The molecule has 1 aliphatic carbocycles. The number of nitrogens with zero attached hydrogens (tertiary/aromatic N) is 3. The molecule has 2 atom stereocenters. The van der Waals surface area contributed by atoms with Crippen molar-refractivity contribution < 1.29 is 9.53 Å². The number of hydrogen-bond donors (Lipinski definition) is 0. The molecular weight excluding hydrogens is 266 g/mol. The summed E-state index contributed by atoms with van der Waals surface area (Å²) in [6, 6.07) is 0.698. The molecule has 1 aromatic rings. The standard InChI is InChI=1S/C16H25N3O2/c1-3-21-16(20)13-10-17-18(2)15(13)11-19-9-5-7-12-6-4-8-14(12)19/h10,12,14H,3-9,11H2,1-2H3. The fraction of sp³-hybridized carbons (Fsp3) is 0.750. The molecule has 0 N–H and O–H groups in total. The summed E-state index contributed by atoms with van der Waals surface area (Å²) < 4.78 is 6.97. The van der Waals surface area contributed by atoms with E-state index in [1.54, 1.807) is 6.20 Å². The Bertz CT molecular complexity index is 512. The lowest BCUT2D eigenvalue weighted by molar-refractivity contribution is 0.0520. The summed E-state index contributed by atoms with van der Waals surface area (Å²) in [5.41, 5.74) is 1.61. The number of aromatic nitrogens is 2. The van der Waals surface area contributed by atoms with Crippen LogP contribution in [0, 0.1) is 5.92 Å². The van der Waals surface area contributed by atoms with Gasteiger partial charge in [0.05, 0.1) is 18.5 Å². The predicted molar refractivity (Wildman–Crippen MR) is 79.9 cm³/mol. The first-order valence-corrected chi connectivity index (χ1v) is 8.12. The molecule has 0 radical (unpaired) electrons. The zero-order chi connectivity index (χ0) is 14.8. The molecule has 0 bridgehead atoms. The highest BCUT2D eigenvalue weighted by molar-refractivity contribution is 5.90. The Hall–Kier alpha value is -1.36. The zero-order valence-corrected chi connectivity index (χ0v) is 13.0. The number of piperidine rings is 1. The van der Waals surface area contributed by atoms with Gasteiger partial charge in [0.2, 0.25) is 0 Å². The van der Waals surface area contributed by atoms with E-state index in [0.717, 1.165) is 24.7 Å². The van der Waals surface area contributed by atoms with Crippen LogP contribution in [0.3, 0.4) is 0 Å². The van der Waals surface area contributed by atoms with E-state index in [9.17, 15) is 4.79 Å². The summed E-state index contributed by atoms with van der Waals surface area (Å²) in [6.07, 6.45) is 8.31. The number of aryl methyl sites for hydroxylation is 1. The highest BCUT2D eigenvalue weighted by atomic mass is 16.5. The van der Waals surface area contributed by atoms with Crippen LogP contribution in [0.1, 0.15) is 55.1 Å². The zero-order valence-electron chi connectivity index (χ0n) is 13.0. The lowest BCUT2D eigenvalue weighted by Crippen LogP contribution is -2.42. The maximum Gasteiger partial charge on any atom is 0.341 e. The first kappa shape index (κ1) is 14.6. The van der Waals surface area contributed by atoms with Crippen LogP contribution in [-0.2, 0) is 18.3 Å². The molecule has 2 unspecified atom stereocenters. The number of fused-ring (bicyclic) bond motifs is 1. The van der Waals surface area contributed by atoms with Crippen LogP contribution in [0.15, 0.2) is 6.20 Å². The van der Waals surface area contributed by atoms with Crippen LogP contribution in [-0.4, -0.2) is 39.8 Å². The fourth-order valence-corrected chi connectivity index (χ4v) is 3.98. The van der Waals surface area contributed by atoms with Gasteiger partial charge in [-0.1, -0.05) is 6.42 Å². The maximum absolute atomic E-state index is 12.1. The van der Waals surface area contributed by atoms with Gasteiger partial charge in [-0.25, -0.2) is 4.79 Å². The van der Waals surface area contributed by atoms with E-state index in [4.69, 9.17) is 4.74 Å². The van der Waals surface area contributed by atoms with Crippen LogP contribution in [0.25, 0.3) is 0 Å². The number of carbonyl (C=O) groups is 1. The Labute approximate surface area is 126 Å². The van der Waals surface area contributed by atoms with Crippen LogP contribution in [0.2, 0.25) is 0 Å². The normalized spacial score (nSPS) is 25.8. The minimum absolute atomic E-state index is 0.249. The summed E-state index contributed by atoms with van der Waals surface area (Å²) >= 11 is 0. The molecule has 5 heteroatoms. The summed E-state index contributed by atoms with van der Waals surface area (Å²) in [7, 11) is 1.91.